The van der Waals surface area contributed by atoms with E-state index in [1.807, 2.05) is 26.0 Å². The van der Waals surface area contributed by atoms with Crippen LogP contribution in [0.25, 0.3) is 0 Å². The van der Waals surface area contributed by atoms with Crippen LogP contribution in [0.15, 0.2) is 10.4 Å². The molecule has 8 heteroatoms. The highest BCUT2D eigenvalue weighted by Crippen LogP contribution is 2.20. The summed E-state index contributed by atoms with van der Waals surface area (Å²) in [6, 6.07) is 0.502. The van der Waals surface area contributed by atoms with Crippen LogP contribution in [-0.2, 0) is 11.3 Å². The second kappa shape index (κ2) is 11.5. The van der Waals surface area contributed by atoms with Crippen molar-refractivity contribution >= 4 is 22.4 Å². The fraction of sp³-hybridized carbons (Fsp3) is 0.789. The standard InChI is InChI=1S/C19H36N6OS/c1-6-15(7-2)17(25-8-10-26-11-9-25)13-22-18(20-3)21-12-16-14-27-19(23-16)24(4)5/h14-15,17H,6-13H2,1-5H3,(H2,20,21,22). The predicted molar refractivity (Wildman–Crippen MR) is 115 cm³/mol. The molecule has 2 heterocycles. The molecule has 27 heavy (non-hydrogen) atoms. The van der Waals surface area contributed by atoms with Crippen molar-refractivity contribution in [2.24, 2.45) is 10.9 Å². The lowest BCUT2D eigenvalue weighted by atomic mass is 9.92. The number of hydrogen-bond acceptors (Lipinski definition) is 6. The molecule has 1 unspecified atom stereocenters. The zero-order valence-electron chi connectivity index (χ0n) is 17.5. The van der Waals surface area contributed by atoms with Crippen LogP contribution in [0.3, 0.4) is 0 Å². The predicted octanol–water partition coefficient (Wildman–Crippen LogP) is 2.01. The number of nitrogens with zero attached hydrogens (tertiary/aromatic N) is 4. The van der Waals surface area contributed by atoms with E-state index in [2.05, 4.69) is 44.7 Å². The Kier molecular flexibility index (Phi) is 9.30. The fourth-order valence-electron chi connectivity index (χ4n) is 3.51. The SMILES string of the molecule is CCC(CC)C(CNC(=NC)NCc1csc(N(C)C)n1)N1CCOCC1. The van der Waals surface area contributed by atoms with Gasteiger partial charge in [0.25, 0.3) is 0 Å². The van der Waals surface area contributed by atoms with E-state index in [4.69, 9.17) is 4.74 Å². The van der Waals surface area contributed by atoms with Gasteiger partial charge in [-0.1, -0.05) is 26.7 Å². The summed E-state index contributed by atoms with van der Waals surface area (Å²) in [4.78, 5) is 13.6. The summed E-state index contributed by atoms with van der Waals surface area (Å²) in [7, 11) is 5.85. The number of aromatic nitrogens is 1. The van der Waals surface area contributed by atoms with Gasteiger partial charge in [0.05, 0.1) is 25.5 Å². The first-order valence-electron chi connectivity index (χ1n) is 9.97. The van der Waals surface area contributed by atoms with Crippen molar-refractivity contribution in [1.82, 2.24) is 20.5 Å². The number of anilines is 1. The minimum absolute atomic E-state index is 0.502. The molecular formula is C19H36N6OS. The van der Waals surface area contributed by atoms with Crippen LogP contribution in [0.4, 0.5) is 5.13 Å². The lowest BCUT2D eigenvalue weighted by molar-refractivity contribution is 0.00272. The van der Waals surface area contributed by atoms with Gasteiger partial charge in [0, 0.05) is 52.2 Å². The number of morpholine rings is 1. The molecule has 0 aliphatic carbocycles. The van der Waals surface area contributed by atoms with Gasteiger partial charge in [0.15, 0.2) is 11.1 Å². The molecule has 0 radical (unpaired) electrons. The van der Waals surface area contributed by atoms with Gasteiger partial charge in [0.1, 0.15) is 0 Å². The van der Waals surface area contributed by atoms with Crippen LogP contribution in [-0.4, -0.2) is 75.9 Å². The highest BCUT2D eigenvalue weighted by molar-refractivity contribution is 7.13. The van der Waals surface area contributed by atoms with Gasteiger partial charge < -0.3 is 20.3 Å². The normalized spacial score (nSPS) is 17.2. The minimum Gasteiger partial charge on any atom is -0.379 e. The molecule has 0 saturated carbocycles. The molecule has 0 aromatic carbocycles. The zero-order valence-corrected chi connectivity index (χ0v) is 18.3. The van der Waals surface area contributed by atoms with Gasteiger partial charge in [-0.3, -0.25) is 9.89 Å². The largest absolute Gasteiger partial charge is 0.379 e. The van der Waals surface area contributed by atoms with Gasteiger partial charge >= 0.3 is 0 Å². The minimum atomic E-state index is 0.502. The van der Waals surface area contributed by atoms with E-state index in [9.17, 15) is 0 Å². The van der Waals surface area contributed by atoms with Crippen molar-refractivity contribution in [1.29, 1.82) is 0 Å². The molecule has 0 bridgehead atoms. The van der Waals surface area contributed by atoms with Crippen LogP contribution in [0, 0.1) is 5.92 Å². The Bertz CT molecular complexity index is 566. The number of hydrogen-bond donors (Lipinski definition) is 2. The van der Waals surface area contributed by atoms with E-state index in [-0.39, 0.29) is 0 Å². The van der Waals surface area contributed by atoms with E-state index >= 15 is 0 Å². The lowest BCUT2D eigenvalue weighted by Crippen LogP contribution is -2.53. The maximum atomic E-state index is 5.54. The average Bonchev–Trinajstić information content (AvgIpc) is 3.17. The number of guanidine groups is 1. The maximum absolute atomic E-state index is 5.54. The van der Waals surface area contributed by atoms with Crippen molar-refractivity contribution < 1.29 is 4.74 Å². The van der Waals surface area contributed by atoms with Gasteiger partial charge in [-0.2, -0.15) is 0 Å². The molecule has 154 valence electrons. The highest BCUT2D eigenvalue weighted by atomic mass is 32.1. The van der Waals surface area contributed by atoms with E-state index < -0.39 is 0 Å². The Morgan fingerprint density at radius 1 is 1.30 bits per heavy atom. The molecule has 2 rings (SSSR count). The molecule has 1 aromatic rings. The van der Waals surface area contributed by atoms with Crippen LogP contribution < -0.4 is 15.5 Å². The van der Waals surface area contributed by atoms with Crippen molar-refractivity contribution in [3.63, 3.8) is 0 Å². The van der Waals surface area contributed by atoms with Crippen molar-refractivity contribution in [2.45, 2.75) is 39.3 Å². The van der Waals surface area contributed by atoms with Crippen LogP contribution >= 0.6 is 11.3 Å². The monoisotopic (exact) mass is 396 g/mol. The molecule has 1 aliphatic heterocycles. The topological polar surface area (TPSA) is 65.0 Å². The quantitative estimate of drug-likeness (QED) is 0.492. The Balaban J connectivity index is 1.90. The number of ether oxygens (including phenoxy) is 1. The van der Waals surface area contributed by atoms with Gasteiger partial charge in [-0.25, -0.2) is 4.98 Å². The Labute approximate surface area is 168 Å². The van der Waals surface area contributed by atoms with Crippen LogP contribution in [0.5, 0.6) is 0 Å². The first-order chi connectivity index (χ1) is 13.1. The highest BCUT2D eigenvalue weighted by Gasteiger charge is 2.27. The number of aliphatic imine (C=N–C) groups is 1. The number of nitrogens with one attached hydrogen (secondary N) is 2. The van der Waals surface area contributed by atoms with Crippen molar-refractivity contribution in [3.05, 3.63) is 11.1 Å². The second-order valence-electron chi connectivity index (χ2n) is 7.11. The van der Waals surface area contributed by atoms with E-state index in [1.165, 1.54) is 12.8 Å². The second-order valence-corrected chi connectivity index (χ2v) is 7.95. The molecule has 1 aliphatic rings. The summed E-state index contributed by atoms with van der Waals surface area (Å²) in [6.07, 6.45) is 2.39. The molecular weight excluding hydrogens is 360 g/mol. The first-order valence-corrected chi connectivity index (χ1v) is 10.8. The third kappa shape index (κ3) is 6.62. The Morgan fingerprint density at radius 3 is 2.56 bits per heavy atom. The summed E-state index contributed by atoms with van der Waals surface area (Å²) in [6.45, 7) is 9.85. The third-order valence-electron chi connectivity index (χ3n) is 5.17. The lowest BCUT2D eigenvalue weighted by Gasteiger charge is -2.39. The Hall–Kier alpha value is -1.38. The summed E-state index contributed by atoms with van der Waals surface area (Å²) < 4.78 is 5.54. The summed E-state index contributed by atoms with van der Waals surface area (Å²) in [5.41, 5.74) is 1.04. The van der Waals surface area contributed by atoms with E-state index in [1.54, 1.807) is 11.3 Å². The molecule has 1 saturated heterocycles. The molecule has 1 aromatic heterocycles. The van der Waals surface area contributed by atoms with Crippen molar-refractivity contribution in [2.75, 3.05) is 58.9 Å². The summed E-state index contributed by atoms with van der Waals surface area (Å²) in [5.74, 6) is 1.51. The van der Waals surface area contributed by atoms with E-state index in [0.717, 1.165) is 49.6 Å². The van der Waals surface area contributed by atoms with E-state index in [0.29, 0.717) is 18.5 Å². The van der Waals surface area contributed by atoms with Crippen LogP contribution in [0.1, 0.15) is 32.4 Å². The zero-order chi connectivity index (χ0) is 19.6. The van der Waals surface area contributed by atoms with Gasteiger partial charge in [0.2, 0.25) is 0 Å². The number of thiazole rings is 1. The summed E-state index contributed by atoms with van der Waals surface area (Å²) >= 11 is 1.66. The molecule has 7 nitrogen and oxygen atoms in total. The third-order valence-corrected chi connectivity index (χ3v) is 6.23. The molecule has 2 N–H and O–H groups in total. The number of rotatable bonds is 9. The molecule has 0 amide bonds. The maximum Gasteiger partial charge on any atom is 0.191 e. The van der Waals surface area contributed by atoms with Gasteiger partial charge in [-0.05, 0) is 5.92 Å². The molecule has 1 atom stereocenters. The Morgan fingerprint density at radius 2 is 2.00 bits per heavy atom. The first kappa shape index (κ1) is 21.9. The molecule has 1 fully saturated rings. The van der Waals surface area contributed by atoms with Gasteiger partial charge in [-0.15, -0.1) is 11.3 Å². The van der Waals surface area contributed by atoms with Crippen molar-refractivity contribution in [3.8, 4) is 0 Å². The smallest absolute Gasteiger partial charge is 0.191 e. The average molecular weight is 397 g/mol. The summed E-state index contributed by atoms with van der Waals surface area (Å²) in [5, 5.41) is 10.0. The van der Waals surface area contributed by atoms with Crippen LogP contribution in [0.2, 0.25) is 0 Å². The molecule has 0 spiro atoms. The fourth-order valence-corrected chi connectivity index (χ4v) is 4.27.